The second-order valence-corrected chi connectivity index (χ2v) is 3.32. The van der Waals surface area contributed by atoms with E-state index in [-0.39, 0.29) is 12.6 Å². The highest BCUT2D eigenvalue weighted by Crippen LogP contribution is 2.29. The maximum absolute atomic E-state index is 12.0. The normalized spacial score (nSPS) is 17.2. The molecule has 4 nitrogen and oxygen atoms in total. The molecule has 1 aliphatic rings. The van der Waals surface area contributed by atoms with Gasteiger partial charge in [0, 0.05) is 6.04 Å². The van der Waals surface area contributed by atoms with Crippen LogP contribution in [0.1, 0.15) is 12.8 Å². The molecule has 7 heteroatoms. The van der Waals surface area contributed by atoms with E-state index in [1.165, 1.54) is 0 Å². The molecule has 3 N–H and O–H groups in total. The van der Waals surface area contributed by atoms with Crippen LogP contribution in [0.2, 0.25) is 0 Å². The molecule has 82 valence electrons. The lowest BCUT2D eigenvalue weighted by Gasteiger charge is -2.21. The summed E-state index contributed by atoms with van der Waals surface area (Å²) in [4.78, 5) is 11.9. The first-order chi connectivity index (χ1) is 6.42. The van der Waals surface area contributed by atoms with Crippen LogP contribution in [0.4, 0.5) is 13.2 Å². The van der Waals surface area contributed by atoms with Gasteiger partial charge in [0.15, 0.2) is 0 Å². The molecular weight excluding hydrogens is 199 g/mol. The molecule has 1 saturated carbocycles. The summed E-state index contributed by atoms with van der Waals surface area (Å²) in [6, 6.07) is -0.117. The number of nitrogens with zero attached hydrogens (tertiary/aromatic N) is 1. The first kappa shape index (κ1) is 11.3. The number of hydrazine groups is 1. The zero-order valence-corrected chi connectivity index (χ0v) is 7.47. The van der Waals surface area contributed by atoms with Crippen LogP contribution in [-0.4, -0.2) is 36.1 Å². The standard InChI is InChI=1S/C7H12F3N3O/c8-7(9,10)4-13(5-1-2-5)3-6(14)12-11/h5H,1-4,11H2,(H,12,14). The zero-order chi connectivity index (χ0) is 10.8. The number of halogens is 3. The lowest BCUT2D eigenvalue weighted by atomic mass is 10.4. The van der Waals surface area contributed by atoms with E-state index in [0.717, 1.165) is 4.90 Å². The maximum Gasteiger partial charge on any atom is 0.401 e. The first-order valence-electron chi connectivity index (χ1n) is 4.22. The van der Waals surface area contributed by atoms with Crippen LogP contribution in [0.15, 0.2) is 0 Å². The number of hydrogen-bond acceptors (Lipinski definition) is 3. The fourth-order valence-corrected chi connectivity index (χ4v) is 1.21. The smallest absolute Gasteiger partial charge is 0.293 e. The Bertz CT molecular complexity index is 215. The molecule has 1 aliphatic carbocycles. The Labute approximate surface area is 79.2 Å². The summed E-state index contributed by atoms with van der Waals surface area (Å²) in [5.41, 5.74) is 1.82. The fourth-order valence-electron chi connectivity index (χ4n) is 1.21. The number of nitrogens with one attached hydrogen (secondary N) is 1. The summed E-state index contributed by atoms with van der Waals surface area (Å²) < 4.78 is 36.1. The Balaban J connectivity index is 2.43. The van der Waals surface area contributed by atoms with Gasteiger partial charge < -0.3 is 0 Å². The number of carbonyl (C=O) groups excluding carboxylic acids is 1. The molecule has 0 heterocycles. The van der Waals surface area contributed by atoms with Crippen molar-refractivity contribution in [2.45, 2.75) is 25.1 Å². The zero-order valence-electron chi connectivity index (χ0n) is 7.47. The number of carbonyl (C=O) groups is 1. The van der Waals surface area contributed by atoms with Crippen molar-refractivity contribution in [2.75, 3.05) is 13.1 Å². The van der Waals surface area contributed by atoms with Crippen LogP contribution in [-0.2, 0) is 4.79 Å². The van der Waals surface area contributed by atoms with E-state index >= 15 is 0 Å². The molecule has 0 aromatic rings. The third-order valence-electron chi connectivity index (χ3n) is 1.95. The van der Waals surface area contributed by atoms with Crippen LogP contribution in [0.5, 0.6) is 0 Å². The minimum absolute atomic E-state index is 0.117. The minimum Gasteiger partial charge on any atom is -0.293 e. The average molecular weight is 211 g/mol. The van der Waals surface area contributed by atoms with Gasteiger partial charge in [0.25, 0.3) is 0 Å². The van der Waals surface area contributed by atoms with Crippen molar-refractivity contribution < 1.29 is 18.0 Å². The topological polar surface area (TPSA) is 58.4 Å². The third kappa shape index (κ3) is 3.93. The van der Waals surface area contributed by atoms with Gasteiger partial charge in [-0.1, -0.05) is 0 Å². The monoisotopic (exact) mass is 211 g/mol. The largest absolute Gasteiger partial charge is 0.401 e. The van der Waals surface area contributed by atoms with E-state index in [4.69, 9.17) is 5.84 Å². The molecule has 14 heavy (non-hydrogen) atoms. The maximum atomic E-state index is 12.0. The lowest BCUT2D eigenvalue weighted by Crippen LogP contribution is -2.44. The molecule has 0 radical (unpaired) electrons. The minimum atomic E-state index is -4.27. The van der Waals surface area contributed by atoms with E-state index in [1.807, 2.05) is 5.43 Å². The van der Waals surface area contributed by atoms with E-state index in [0.29, 0.717) is 12.8 Å². The number of rotatable bonds is 4. The second-order valence-electron chi connectivity index (χ2n) is 3.32. The summed E-state index contributed by atoms with van der Waals surface area (Å²) >= 11 is 0. The van der Waals surface area contributed by atoms with Crippen molar-refractivity contribution in [3.8, 4) is 0 Å². The van der Waals surface area contributed by atoms with Gasteiger partial charge >= 0.3 is 6.18 Å². The number of alkyl halides is 3. The Morgan fingerprint density at radius 3 is 2.43 bits per heavy atom. The molecule has 0 aromatic carbocycles. The lowest BCUT2D eigenvalue weighted by molar-refractivity contribution is -0.150. The van der Waals surface area contributed by atoms with E-state index in [9.17, 15) is 18.0 Å². The van der Waals surface area contributed by atoms with Crippen molar-refractivity contribution in [1.82, 2.24) is 10.3 Å². The molecule has 0 bridgehead atoms. The predicted molar refractivity (Wildman–Crippen MR) is 43.0 cm³/mol. The summed E-state index contributed by atoms with van der Waals surface area (Å²) in [6.07, 6.45) is -2.83. The molecule has 0 aromatic heterocycles. The third-order valence-corrected chi connectivity index (χ3v) is 1.95. The SMILES string of the molecule is NNC(=O)CN(CC(F)(F)F)C1CC1. The summed E-state index contributed by atoms with van der Waals surface area (Å²) in [6.45, 7) is -1.34. The molecule has 0 aliphatic heterocycles. The van der Waals surface area contributed by atoms with Gasteiger partial charge in [-0.15, -0.1) is 0 Å². The van der Waals surface area contributed by atoms with Gasteiger partial charge in [-0.2, -0.15) is 13.2 Å². The summed E-state index contributed by atoms with van der Waals surface area (Å²) in [7, 11) is 0. The van der Waals surface area contributed by atoms with E-state index in [1.54, 1.807) is 0 Å². The number of amides is 1. The van der Waals surface area contributed by atoms with Crippen LogP contribution < -0.4 is 11.3 Å². The number of nitrogens with two attached hydrogens (primary N) is 1. The molecule has 0 unspecified atom stereocenters. The molecule has 0 spiro atoms. The molecule has 0 atom stereocenters. The molecule has 1 fully saturated rings. The average Bonchev–Trinajstić information content (AvgIpc) is 2.82. The molecule has 0 saturated heterocycles. The van der Waals surface area contributed by atoms with Gasteiger partial charge in [0.05, 0.1) is 13.1 Å². The van der Waals surface area contributed by atoms with E-state index in [2.05, 4.69) is 0 Å². The molecular formula is C7H12F3N3O. The van der Waals surface area contributed by atoms with Crippen molar-refractivity contribution in [2.24, 2.45) is 5.84 Å². The molecule has 1 amide bonds. The van der Waals surface area contributed by atoms with Crippen LogP contribution in [0.25, 0.3) is 0 Å². The first-order valence-corrected chi connectivity index (χ1v) is 4.22. The fraction of sp³-hybridized carbons (Fsp3) is 0.857. The van der Waals surface area contributed by atoms with Gasteiger partial charge in [0.1, 0.15) is 0 Å². The highest BCUT2D eigenvalue weighted by Gasteiger charge is 2.38. The van der Waals surface area contributed by atoms with Crippen LogP contribution in [0, 0.1) is 0 Å². The van der Waals surface area contributed by atoms with Crippen molar-refractivity contribution in [3.05, 3.63) is 0 Å². The van der Waals surface area contributed by atoms with Gasteiger partial charge in [0.2, 0.25) is 5.91 Å². The van der Waals surface area contributed by atoms with Crippen LogP contribution >= 0.6 is 0 Å². The Morgan fingerprint density at radius 2 is 2.07 bits per heavy atom. The predicted octanol–water partition coefficient (Wildman–Crippen LogP) is 0.00300. The summed E-state index contributed by atoms with van der Waals surface area (Å²) in [5.74, 6) is 4.20. The van der Waals surface area contributed by atoms with Crippen LogP contribution in [0.3, 0.4) is 0 Å². The van der Waals surface area contributed by atoms with Gasteiger partial charge in [-0.3, -0.25) is 15.1 Å². The highest BCUT2D eigenvalue weighted by molar-refractivity contribution is 5.77. The van der Waals surface area contributed by atoms with E-state index < -0.39 is 18.6 Å². The Hall–Kier alpha value is -0.820. The van der Waals surface area contributed by atoms with Crippen molar-refractivity contribution in [3.63, 3.8) is 0 Å². The Kier molecular flexibility index (Phi) is 3.33. The highest BCUT2D eigenvalue weighted by atomic mass is 19.4. The van der Waals surface area contributed by atoms with Crippen molar-refractivity contribution >= 4 is 5.91 Å². The molecule has 1 rings (SSSR count). The van der Waals surface area contributed by atoms with Gasteiger partial charge in [-0.25, -0.2) is 5.84 Å². The number of hydrogen-bond donors (Lipinski definition) is 2. The second kappa shape index (κ2) is 4.14. The van der Waals surface area contributed by atoms with Gasteiger partial charge in [-0.05, 0) is 12.8 Å². The van der Waals surface area contributed by atoms with Crippen molar-refractivity contribution in [1.29, 1.82) is 0 Å². The Morgan fingerprint density at radius 1 is 1.50 bits per heavy atom. The quantitative estimate of drug-likeness (QED) is 0.391. The summed E-state index contributed by atoms with van der Waals surface area (Å²) in [5, 5.41) is 0.